The summed E-state index contributed by atoms with van der Waals surface area (Å²) in [5.74, 6) is 1.50. The van der Waals surface area contributed by atoms with E-state index in [1.807, 2.05) is 25.2 Å². The average molecular weight is 380 g/mol. The standard InChI is InChI=1S/C23H33N5/c1-8-15(9-2)18-14-28(7)23-22(18)25-19(11-4)21(26-23)17-13-24-20(27(5)6)12-16(17)10-3/h12-15H,8-11H2,1-7H3. The molecule has 3 heterocycles. The first-order valence-electron chi connectivity index (χ1n) is 10.5. The van der Waals surface area contributed by atoms with Gasteiger partial charge in [-0.3, -0.25) is 0 Å². The molecule has 150 valence electrons. The number of fused-ring (bicyclic) bond motifs is 1. The zero-order chi connectivity index (χ0) is 20.4. The molecular formula is C23H33N5. The highest BCUT2D eigenvalue weighted by atomic mass is 15.1. The summed E-state index contributed by atoms with van der Waals surface area (Å²) >= 11 is 0. The number of hydrogen-bond acceptors (Lipinski definition) is 4. The summed E-state index contributed by atoms with van der Waals surface area (Å²) in [5, 5.41) is 0. The molecule has 0 aliphatic heterocycles. The Labute approximate surface area is 168 Å². The van der Waals surface area contributed by atoms with Gasteiger partial charge in [-0.25, -0.2) is 15.0 Å². The van der Waals surface area contributed by atoms with Gasteiger partial charge in [0.05, 0.1) is 11.4 Å². The second-order valence-corrected chi connectivity index (χ2v) is 7.70. The Hall–Kier alpha value is -2.43. The number of rotatable bonds is 7. The number of nitrogens with zero attached hydrogens (tertiary/aromatic N) is 5. The minimum Gasteiger partial charge on any atom is -0.363 e. The summed E-state index contributed by atoms with van der Waals surface area (Å²) in [6.45, 7) is 8.85. The van der Waals surface area contributed by atoms with Crippen LogP contribution < -0.4 is 4.90 Å². The first-order valence-corrected chi connectivity index (χ1v) is 10.5. The van der Waals surface area contributed by atoms with Gasteiger partial charge in [0.15, 0.2) is 5.65 Å². The van der Waals surface area contributed by atoms with Crippen LogP contribution in [-0.4, -0.2) is 33.6 Å². The Bertz CT molecular complexity index is 967. The van der Waals surface area contributed by atoms with Gasteiger partial charge in [-0.1, -0.05) is 27.7 Å². The van der Waals surface area contributed by atoms with Gasteiger partial charge in [0.2, 0.25) is 0 Å². The van der Waals surface area contributed by atoms with Crippen molar-refractivity contribution in [3.05, 3.63) is 35.3 Å². The molecule has 0 amide bonds. The van der Waals surface area contributed by atoms with E-state index in [-0.39, 0.29) is 0 Å². The summed E-state index contributed by atoms with van der Waals surface area (Å²) in [5.41, 5.74) is 7.75. The molecule has 0 fully saturated rings. The molecule has 0 unspecified atom stereocenters. The minimum atomic E-state index is 0.529. The second kappa shape index (κ2) is 8.29. The quantitative estimate of drug-likeness (QED) is 0.571. The lowest BCUT2D eigenvalue weighted by atomic mass is 9.95. The lowest BCUT2D eigenvalue weighted by molar-refractivity contribution is 0.643. The van der Waals surface area contributed by atoms with E-state index < -0.39 is 0 Å². The van der Waals surface area contributed by atoms with Crippen molar-refractivity contribution in [3.63, 3.8) is 0 Å². The van der Waals surface area contributed by atoms with E-state index in [1.165, 1.54) is 11.1 Å². The van der Waals surface area contributed by atoms with E-state index in [1.54, 1.807) is 0 Å². The average Bonchev–Trinajstić information content (AvgIpc) is 3.03. The molecule has 0 aromatic carbocycles. The van der Waals surface area contributed by atoms with Gasteiger partial charge < -0.3 is 9.47 Å². The van der Waals surface area contributed by atoms with Gasteiger partial charge in [0.1, 0.15) is 11.3 Å². The molecule has 3 rings (SSSR count). The van der Waals surface area contributed by atoms with Crippen LogP contribution in [0.25, 0.3) is 22.4 Å². The molecule has 0 bridgehead atoms. The van der Waals surface area contributed by atoms with E-state index in [0.29, 0.717) is 5.92 Å². The fourth-order valence-electron chi connectivity index (χ4n) is 3.96. The third-order valence-corrected chi connectivity index (χ3v) is 5.72. The molecule has 0 atom stereocenters. The maximum Gasteiger partial charge on any atom is 0.159 e. The Morgan fingerprint density at radius 1 is 1.04 bits per heavy atom. The molecule has 3 aromatic rings. The predicted molar refractivity (Wildman–Crippen MR) is 118 cm³/mol. The molecule has 0 aliphatic rings. The topological polar surface area (TPSA) is 46.8 Å². The summed E-state index contributed by atoms with van der Waals surface area (Å²) < 4.78 is 2.13. The van der Waals surface area contributed by atoms with Crippen LogP contribution in [0.4, 0.5) is 5.82 Å². The van der Waals surface area contributed by atoms with E-state index in [9.17, 15) is 0 Å². The first kappa shape index (κ1) is 20.3. The van der Waals surface area contributed by atoms with Gasteiger partial charge in [-0.05, 0) is 43.2 Å². The molecule has 28 heavy (non-hydrogen) atoms. The van der Waals surface area contributed by atoms with Crippen molar-refractivity contribution in [2.24, 2.45) is 7.05 Å². The van der Waals surface area contributed by atoms with Gasteiger partial charge in [-0.2, -0.15) is 0 Å². The molecule has 5 nitrogen and oxygen atoms in total. The lowest BCUT2D eigenvalue weighted by Gasteiger charge is -2.16. The lowest BCUT2D eigenvalue weighted by Crippen LogP contribution is -2.11. The maximum absolute atomic E-state index is 5.12. The highest BCUT2D eigenvalue weighted by Crippen LogP contribution is 2.33. The number of hydrogen-bond donors (Lipinski definition) is 0. The van der Waals surface area contributed by atoms with Gasteiger partial charge in [0, 0.05) is 44.7 Å². The van der Waals surface area contributed by atoms with Crippen LogP contribution in [-0.2, 0) is 19.9 Å². The Kier molecular flexibility index (Phi) is 6.01. The van der Waals surface area contributed by atoms with Crippen molar-refractivity contribution >= 4 is 17.0 Å². The summed E-state index contributed by atoms with van der Waals surface area (Å²) in [6, 6.07) is 2.17. The van der Waals surface area contributed by atoms with Crippen molar-refractivity contribution in [1.29, 1.82) is 0 Å². The van der Waals surface area contributed by atoms with E-state index in [0.717, 1.165) is 59.6 Å². The molecule has 0 radical (unpaired) electrons. The molecule has 3 aromatic heterocycles. The highest BCUT2D eigenvalue weighted by Gasteiger charge is 2.20. The van der Waals surface area contributed by atoms with Crippen LogP contribution in [0.3, 0.4) is 0 Å². The SMILES string of the molecule is CCc1cc(N(C)C)ncc1-c1nc2c(nc1CC)c(C(CC)CC)cn2C. The summed E-state index contributed by atoms with van der Waals surface area (Å²) in [7, 11) is 6.12. The number of pyridine rings is 1. The highest BCUT2D eigenvalue weighted by molar-refractivity contribution is 5.81. The fourth-order valence-corrected chi connectivity index (χ4v) is 3.96. The van der Waals surface area contributed by atoms with Crippen LogP contribution in [0.1, 0.15) is 63.3 Å². The summed E-state index contributed by atoms with van der Waals surface area (Å²) in [4.78, 5) is 16.9. The molecule has 0 saturated carbocycles. The molecule has 0 N–H and O–H groups in total. The van der Waals surface area contributed by atoms with Crippen LogP contribution in [0.5, 0.6) is 0 Å². The zero-order valence-corrected chi connectivity index (χ0v) is 18.4. The van der Waals surface area contributed by atoms with Crippen molar-refractivity contribution in [3.8, 4) is 11.3 Å². The van der Waals surface area contributed by atoms with E-state index >= 15 is 0 Å². The largest absolute Gasteiger partial charge is 0.363 e. The second-order valence-electron chi connectivity index (χ2n) is 7.70. The minimum absolute atomic E-state index is 0.529. The monoisotopic (exact) mass is 379 g/mol. The van der Waals surface area contributed by atoms with E-state index in [2.05, 4.69) is 56.6 Å². The van der Waals surface area contributed by atoms with Crippen LogP contribution in [0.15, 0.2) is 18.5 Å². The number of anilines is 1. The molecular weight excluding hydrogens is 346 g/mol. The third kappa shape index (κ3) is 3.50. The Morgan fingerprint density at radius 3 is 2.32 bits per heavy atom. The zero-order valence-electron chi connectivity index (χ0n) is 18.4. The maximum atomic E-state index is 5.12. The number of aromatic nitrogens is 4. The van der Waals surface area contributed by atoms with Gasteiger partial charge >= 0.3 is 0 Å². The van der Waals surface area contributed by atoms with Crippen molar-refractivity contribution in [1.82, 2.24) is 19.5 Å². The molecule has 5 heteroatoms. The Morgan fingerprint density at radius 2 is 1.75 bits per heavy atom. The number of aryl methyl sites for hydroxylation is 3. The van der Waals surface area contributed by atoms with Crippen LogP contribution in [0, 0.1) is 0 Å². The third-order valence-electron chi connectivity index (χ3n) is 5.72. The normalized spacial score (nSPS) is 11.6. The smallest absolute Gasteiger partial charge is 0.159 e. The summed E-state index contributed by atoms with van der Waals surface area (Å²) in [6.07, 6.45) is 8.22. The fraction of sp³-hybridized carbons (Fsp3) is 0.522. The molecule has 0 aliphatic carbocycles. The van der Waals surface area contributed by atoms with Crippen LogP contribution >= 0.6 is 0 Å². The van der Waals surface area contributed by atoms with Crippen LogP contribution in [0.2, 0.25) is 0 Å². The van der Waals surface area contributed by atoms with Gasteiger partial charge in [0.25, 0.3) is 0 Å². The van der Waals surface area contributed by atoms with Gasteiger partial charge in [-0.15, -0.1) is 0 Å². The Balaban J connectivity index is 2.24. The molecule has 0 spiro atoms. The first-order chi connectivity index (χ1) is 13.4. The van der Waals surface area contributed by atoms with Crippen molar-refractivity contribution in [2.45, 2.75) is 59.3 Å². The molecule has 0 saturated heterocycles. The van der Waals surface area contributed by atoms with Crippen molar-refractivity contribution < 1.29 is 0 Å². The predicted octanol–water partition coefficient (Wildman–Crippen LogP) is 5.12. The van der Waals surface area contributed by atoms with Crippen molar-refractivity contribution in [2.75, 3.05) is 19.0 Å². The van der Waals surface area contributed by atoms with E-state index in [4.69, 9.17) is 9.97 Å².